The molecule has 1 aromatic heterocycles. The standard InChI is InChI=1S/C25H23N7O3/c1-2-4-19-14-20(7-6-18(19)3-1)27-23-28-24(30-25(29-23)32-9-11-33-12-10-32)31-26-15-17-5-8-21-22(13-17)35-16-34-21/h1-8,13-15H,9-12,16H2,(H2,27,28,29,30,31)/b26-15+. The van der Waals surface area contributed by atoms with Crippen molar-refractivity contribution in [2.75, 3.05) is 48.7 Å². The van der Waals surface area contributed by atoms with Gasteiger partial charge in [0, 0.05) is 18.8 Å². The van der Waals surface area contributed by atoms with Gasteiger partial charge < -0.3 is 24.4 Å². The third kappa shape index (κ3) is 4.78. The highest BCUT2D eigenvalue weighted by molar-refractivity contribution is 5.86. The first-order valence-electron chi connectivity index (χ1n) is 11.3. The highest BCUT2D eigenvalue weighted by atomic mass is 16.7. The minimum absolute atomic E-state index is 0.232. The number of anilines is 4. The molecule has 0 radical (unpaired) electrons. The van der Waals surface area contributed by atoms with Crippen molar-refractivity contribution in [2.24, 2.45) is 5.10 Å². The lowest BCUT2D eigenvalue weighted by Crippen LogP contribution is -2.37. The SMILES string of the molecule is C(=N\Nc1nc(Nc2ccc3ccccc3c2)nc(N2CCOCC2)n1)/c1ccc2c(c1)OCO2. The molecule has 0 unspecified atom stereocenters. The van der Waals surface area contributed by atoms with E-state index in [1.165, 1.54) is 5.39 Å². The van der Waals surface area contributed by atoms with Gasteiger partial charge in [-0.2, -0.15) is 20.1 Å². The van der Waals surface area contributed by atoms with Crippen LogP contribution in [0.2, 0.25) is 0 Å². The summed E-state index contributed by atoms with van der Waals surface area (Å²) < 4.78 is 16.3. The number of fused-ring (bicyclic) bond motifs is 2. The summed E-state index contributed by atoms with van der Waals surface area (Å²) in [6, 6.07) is 20.0. The Labute approximate surface area is 201 Å². The summed E-state index contributed by atoms with van der Waals surface area (Å²) in [6.07, 6.45) is 1.68. The number of benzene rings is 3. The maximum Gasteiger partial charge on any atom is 0.250 e. The van der Waals surface area contributed by atoms with Crippen LogP contribution >= 0.6 is 0 Å². The molecule has 176 valence electrons. The van der Waals surface area contributed by atoms with E-state index in [4.69, 9.17) is 14.2 Å². The van der Waals surface area contributed by atoms with Crippen molar-refractivity contribution in [3.8, 4) is 11.5 Å². The lowest BCUT2D eigenvalue weighted by Gasteiger charge is -2.27. The predicted octanol–water partition coefficient (Wildman–Crippen LogP) is 3.78. The van der Waals surface area contributed by atoms with E-state index in [2.05, 4.69) is 60.0 Å². The van der Waals surface area contributed by atoms with Gasteiger partial charge in [0.05, 0.1) is 19.4 Å². The summed E-state index contributed by atoms with van der Waals surface area (Å²) in [7, 11) is 0. The Morgan fingerprint density at radius 2 is 1.66 bits per heavy atom. The summed E-state index contributed by atoms with van der Waals surface area (Å²) in [6.45, 7) is 2.91. The summed E-state index contributed by atoms with van der Waals surface area (Å²) in [5, 5.41) is 9.93. The van der Waals surface area contributed by atoms with Crippen LogP contribution in [0.25, 0.3) is 10.8 Å². The van der Waals surface area contributed by atoms with Crippen LogP contribution in [-0.4, -0.2) is 54.3 Å². The zero-order valence-corrected chi connectivity index (χ0v) is 18.8. The fraction of sp³-hybridized carbons (Fsp3) is 0.200. The van der Waals surface area contributed by atoms with Crippen LogP contribution in [0, 0.1) is 0 Å². The van der Waals surface area contributed by atoms with Gasteiger partial charge in [-0.05, 0) is 46.7 Å². The number of nitrogens with zero attached hydrogens (tertiary/aromatic N) is 5. The molecule has 4 aromatic rings. The van der Waals surface area contributed by atoms with Gasteiger partial charge in [-0.25, -0.2) is 5.43 Å². The first-order chi connectivity index (χ1) is 17.3. The number of hydrazone groups is 1. The van der Waals surface area contributed by atoms with Crippen molar-refractivity contribution < 1.29 is 14.2 Å². The van der Waals surface area contributed by atoms with E-state index in [0.717, 1.165) is 22.4 Å². The topological polar surface area (TPSA) is 106 Å². The Balaban J connectivity index is 1.25. The molecule has 2 N–H and O–H groups in total. The van der Waals surface area contributed by atoms with Crippen molar-refractivity contribution in [3.63, 3.8) is 0 Å². The Morgan fingerprint density at radius 1 is 0.829 bits per heavy atom. The Kier molecular flexibility index (Phi) is 5.69. The van der Waals surface area contributed by atoms with Crippen molar-refractivity contribution in [3.05, 3.63) is 66.2 Å². The number of hydrogen-bond donors (Lipinski definition) is 2. The predicted molar refractivity (Wildman–Crippen MR) is 134 cm³/mol. The molecular weight excluding hydrogens is 446 g/mol. The normalized spacial score (nSPS) is 15.0. The number of ether oxygens (including phenoxy) is 3. The van der Waals surface area contributed by atoms with Crippen LogP contribution < -0.4 is 25.1 Å². The van der Waals surface area contributed by atoms with Gasteiger partial charge in [0.15, 0.2) is 11.5 Å². The first-order valence-corrected chi connectivity index (χ1v) is 11.3. The molecule has 0 spiro atoms. The Hall–Kier alpha value is -4.44. The molecule has 0 bridgehead atoms. The van der Waals surface area contributed by atoms with Gasteiger partial charge in [0.2, 0.25) is 24.6 Å². The van der Waals surface area contributed by atoms with Crippen LogP contribution in [0.15, 0.2) is 65.8 Å². The molecular formula is C25H23N7O3. The maximum absolute atomic E-state index is 5.48. The van der Waals surface area contributed by atoms with E-state index in [9.17, 15) is 0 Å². The third-order valence-electron chi connectivity index (χ3n) is 5.70. The number of nitrogens with one attached hydrogen (secondary N) is 2. The van der Waals surface area contributed by atoms with Crippen LogP contribution in [0.4, 0.5) is 23.5 Å². The van der Waals surface area contributed by atoms with Gasteiger partial charge in [0.1, 0.15) is 0 Å². The molecule has 1 fully saturated rings. The molecule has 0 amide bonds. The van der Waals surface area contributed by atoms with E-state index in [1.54, 1.807) is 6.21 Å². The lowest BCUT2D eigenvalue weighted by molar-refractivity contribution is 0.122. The van der Waals surface area contributed by atoms with Crippen LogP contribution in [0.3, 0.4) is 0 Å². The van der Waals surface area contributed by atoms with E-state index in [1.807, 2.05) is 36.4 Å². The molecule has 10 heteroatoms. The van der Waals surface area contributed by atoms with Crippen molar-refractivity contribution in [1.29, 1.82) is 0 Å². The van der Waals surface area contributed by atoms with Gasteiger partial charge in [-0.1, -0.05) is 30.3 Å². The zero-order valence-electron chi connectivity index (χ0n) is 18.8. The Morgan fingerprint density at radius 3 is 2.57 bits per heavy atom. The van der Waals surface area contributed by atoms with Gasteiger partial charge in [-0.15, -0.1) is 0 Å². The van der Waals surface area contributed by atoms with Crippen LogP contribution in [0.5, 0.6) is 11.5 Å². The van der Waals surface area contributed by atoms with Crippen LogP contribution in [0.1, 0.15) is 5.56 Å². The zero-order chi connectivity index (χ0) is 23.5. The van der Waals surface area contributed by atoms with Crippen LogP contribution in [-0.2, 0) is 4.74 Å². The molecule has 6 rings (SSSR count). The van der Waals surface area contributed by atoms with Gasteiger partial charge >= 0.3 is 0 Å². The first kappa shape index (κ1) is 21.1. The molecule has 10 nitrogen and oxygen atoms in total. The highest BCUT2D eigenvalue weighted by Gasteiger charge is 2.17. The minimum Gasteiger partial charge on any atom is -0.454 e. The highest BCUT2D eigenvalue weighted by Crippen LogP contribution is 2.32. The monoisotopic (exact) mass is 469 g/mol. The molecule has 3 heterocycles. The number of morpholine rings is 1. The van der Waals surface area contributed by atoms with E-state index in [-0.39, 0.29) is 6.79 Å². The summed E-state index contributed by atoms with van der Waals surface area (Å²) in [5.41, 5.74) is 4.68. The third-order valence-corrected chi connectivity index (χ3v) is 5.70. The molecule has 1 saturated heterocycles. The van der Waals surface area contributed by atoms with Gasteiger partial charge in [-0.3, -0.25) is 0 Å². The molecule has 2 aliphatic heterocycles. The molecule has 0 saturated carbocycles. The summed E-state index contributed by atoms with van der Waals surface area (Å²) in [4.78, 5) is 15.8. The minimum atomic E-state index is 0.232. The lowest BCUT2D eigenvalue weighted by atomic mass is 10.1. The van der Waals surface area contributed by atoms with Crippen molar-refractivity contribution in [2.45, 2.75) is 0 Å². The molecule has 0 aliphatic carbocycles. The smallest absolute Gasteiger partial charge is 0.250 e. The fourth-order valence-corrected chi connectivity index (χ4v) is 3.93. The average molecular weight is 470 g/mol. The van der Waals surface area contributed by atoms with Crippen molar-refractivity contribution >= 4 is 40.5 Å². The molecule has 35 heavy (non-hydrogen) atoms. The van der Waals surface area contributed by atoms with Gasteiger partial charge in [0.25, 0.3) is 0 Å². The number of hydrogen-bond acceptors (Lipinski definition) is 10. The maximum atomic E-state index is 5.48. The van der Waals surface area contributed by atoms with E-state index in [0.29, 0.717) is 49.9 Å². The Bertz CT molecular complexity index is 1390. The second-order valence-electron chi connectivity index (χ2n) is 8.05. The molecule has 2 aliphatic rings. The quantitative estimate of drug-likeness (QED) is 0.322. The van der Waals surface area contributed by atoms with E-state index < -0.39 is 0 Å². The summed E-state index contributed by atoms with van der Waals surface area (Å²) >= 11 is 0. The molecule has 0 atom stereocenters. The van der Waals surface area contributed by atoms with Crippen molar-refractivity contribution in [1.82, 2.24) is 15.0 Å². The second-order valence-corrected chi connectivity index (χ2v) is 8.05. The average Bonchev–Trinajstić information content (AvgIpc) is 3.37. The largest absolute Gasteiger partial charge is 0.454 e. The fourth-order valence-electron chi connectivity index (χ4n) is 3.93. The summed E-state index contributed by atoms with van der Waals surface area (Å²) in [5.74, 6) is 2.75. The molecule has 3 aromatic carbocycles. The number of aromatic nitrogens is 3. The second kappa shape index (κ2) is 9.43. The number of rotatable bonds is 6. The van der Waals surface area contributed by atoms with E-state index >= 15 is 0 Å².